The first kappa shape index (κ1) is 13.5. The lowest BCUT2D eigenvalue weighted by atomic mass is 10.1. The van der Waals surface area contributed by atoms with E-state index in [4.69, 9.17) is 9.47 Å². The molecule has 0 aliphatic carbocycles. The van der Waals surface area contributed by atoms with E-state index in [2.05, 4.69) is 0 Å². The Morgan fingerprint density at radius 3 is 2.47 bits per heavy atom. The van der Waals surface area contributed by atoms with Crippen LogP contribution in [0.2, 0.25) is 0 Å². The zero-order chi connectivity index (χ0) is 12.7. The van der Waals surface area contributed by atoms with Gasteiger partial charge in [0, 0.05) is 0 Å². The minimum absolute atomic E-state index is 0.0937. The van der Waals surface area contributed by atoms with Gasteiger partial charge in [-0.3, -0.25) is 0 Å². The number of carbonyl (C=O) groups excluding carboxylic acids is 1. The van der Waals surface area contributed by atoms with E-state index in [0.717, 1.165) is 5.56 Å². The van der Waals surface area contributed by atoms with Crippen molar-refractivity contribution in [2.45, 2.75) is 26.4 Å². The Labute approximate surface area is 101 Å². The monoisotopic (exact) mass is 238 g/mol. The first-order chi connectivity index (χ1) is 8.17. The van der Waals surface area contributed by atoms with Crippen molar-refractivity contribution in [3.63, 3.8) is 0 Å². The van der Waals surface area contributed by atoms with Gasteiger partial charge < -0.3 is 14.6 Å². The van der Waals surface area contributed by atoms with Crippen LogP contribution in [-0.4, -0.2) is 24.3 Å². The van der Waals surface area contributed by atoms with Gasteiger partial charge >= 0.3 is 5.97 Å². The molecular weight excluding hydrogens is 220 g/mol. The third-order valence-corrected chi connectivity index (χ3v) is 2.31. The second-order valence-electron chi connectivity index (χ2n) is 3.59. The molecule has 0 amide bonds. The lowest BCUT2D eigenvalue weighted by Gasteiger charge is -2.09. The molecule has 0 heterocycles. The summed E-state index contributed by atoms with van der Waals surface area (Å²) in [5, 5.41) is 9.59. The molecule has 4 nitrogen and oxygen atoms in total. The molecule has 0 spiro atoms. The number of hydrogen-bond acceptors (Lipinski definition) is 4. The van der Waals surface area contributed by atoms with E-state index in [1.807, 2.05) is 6.92 Å². The third-order valence-electron chi connectivity index (χ3n) is 2.31. The first-order valence-electron chi connectivity index (χ1n) is 5.73. The molecule has 0 saturated heterocycles. The predicted octanol–water partition coefficient (Wildman–Crippen LogP) is 2.07. The fourth-order valence-electron chi connectivity index (χ4n) is 1.37. The Morgan fingerprint density at radius 2 is 1.94 bits per heavy atom. The summed E-state index contributed by atoms with van der Waals surface area (Å²) in [5.41, 5.74) is 0.844. The number of benzene rings is 1. The number of aliphatic hydroxyl groups excluding tert-OH is 1. The summed E-state index contributed by atoms with van der Waals surface area (Å²) >= 11 is 0. The van der Waals surface area contributed by atoms with E-state index >= 15 is 0 Å². The van der Waals surface area contributed by atoms with Crippen LogP contribution in [0.15, 0.2) is 24.3 Å². The maximum absolute atomic E-state index is 11.1. The van der Waals surface area contributed by atoms with Crippen LogP contribution in [-0.2, 0) is 9.53 Å². The summed E-state index contributed by atoms with van der Waals surface area (Å²) in [4.78, 5) is 11.1. The lowest BCUT2D eigenvalue weighted by molar-refractivity contribution is -0.145. The van der Waals surface area contributed by atoms with Crippen molar-refractivity contribution in [3.8, 4) is 5.75 Å². The second-order valence-corrected chi connectivity index (χ2v) is 3.59. The molecule has 1 N–H and O–H groups in total. The number of ether oxygens (including phenoxy) is 2. The second kappa shape index (κ2) is 6.91. The molecule has 0 bridgehead atoms. The molecular formula is C13H18O4. The van der Waals surface area contributed by atoms with Crippen molar-refractivity contribution in [1.82, 2.24) is 0 Å². The van der Waals surface area contributed by atoms with Crippen molar-refractivity contribution in [3.05, 3.63) is 29.8 Å². The van der Waals surface area contributed by atoms with E-state index in [9.17, 15) is 9.90 Å². The molecule has 0 unspecified atom stereocenters. The maximum atomic E-state index is 11.1. The number of aliphatic hydroxyl groups is 1. The fourth-order valence-corrected chi connectivity index (χ4v) is 1.37. The van der Waals surface area contributed by atoms with Gasteiger partial charge in [0.05, 0.1) is 12.7 Å². The summed E-state index contributed by atoms with van der Waals surface area (Å²) in [6.07, 6.45) is 0.220. The zero-order valence-electron chi connectivity index (χ0n) is 10.2. The number of esters is 1. The average molecular weight is 238 g/mol. The van der Waals surface area contributed by atoms with Crippen molar-refractivity contribution in [2.24, 2.45) is 0 Å². The van der Waals surface area contributed by atoms with Crippen LogP contribution in [0.5, 0.6) is 5.75 Å². The molecule has 1 atom stereocenters. The van der Waals surface area contributed by atoms with Gasteiger partial charge in [-0.25, -0.2) is 4.79 Å². The highest BCUT2D eigenvalue weighted by molar-refractivity contribution is 5.71. The van der Waals surface area contributed by atoms with Crippen molar-refractivity contribution < 1.29 is 19.4 Å². The molecule has 1 aromatic rings. The number of rotatable bonds is 6. The smallest absolute Gasteiger partial charge is 0.344 e. The van der Waals surface area contributed by atoms with Crippen LogP contribution >= 0.6 is 0 Å². The van der Waals surface area contributed by atoms with Gasteiger partial charge in [-0.05, 0) is 31.0 Å². The maximum Gasteiger partial charge on any atom is 0.344 e. The first-order valence-corrected chi connectivity index (χ1v) is 5.73. The van der Waals surface area contributed by atoms with E-state index < -0.39 is 6.10 Å². The van der Waals surface area contributed by atoms with Gasteiger partial charge in [-0.1, -0.05) is 19.1 Å². The summed E-state index contributed by atoms with van der Waals surface area (Å²) in [7, 11) is 0. The Morgan fingerprint density at radius 1 is 1.29 bits per heavy atom. The molecule has 0 aliphatic rings. The molecule has 0 radical (unpaired) electrons. The molecule has 4 heteroatoms. The normalized spacial score (nSPS) is 11.9. The highest BCUT2D eigenvalue weighted by Crippen LogP contribution is 2.19. The summed E-state index contributed by atoms with van der Waals surface area (Å²) in [6, 6.07) is 7.03. The standard InChI is InChI=1S/C13H18O4/c1-3-12(14)10-5-7-11(8-6-10)17-9-13(15)16-4-2/h5-8,12,14H,3-4,9H2,1-2H3/t12-/m1/s1. The van der Waals surface area contributed by atoms with Gasteiger partial charge in [0.15, 0.2) is 6.61 Å². The van der Waals surface area contributed by atoms with Crippen LogP contribution in [0.1, 0.15) is 31.9 Å². The Balaban J connectivity index is 2.48. The van der Waals surface area contributed by atoms with Crippen LogP contribution < -0.4 is 4.74 Å². The summed E-state index contributed by atoms with van der Waals surface area (Å²) < 4.78 is 9.97. The Hall–Kier alpha value is -1.55. The zero-order valence-corrected chi connectivity index (χ0v) is 10.2. The number of carbonyl (C=O) groups is 1. The lowest BCUT2D eigenvalue weighted by Crippen LogP contribution is -2.14. The Bertz CT molecular complexity index is 345. The van der Waals surface area contributed by atoms with Gasteiger partial charge in [0.25, 0.3) is 0 Å². The van der Waals surface area contributed by atoms with E-state index in [-0.39, 0.29) is 12.6 Å². The third kappa shape index (κ3) is 4.44. The SMILES string of the molecule is CCOC(=O)COc1ccc([C@H](O)CC)cc1. The molecule has 0 saturated carbocycles. The largest absolute Gasteiger partial charge is 0.482 e. The topological polar surface area (TPSA) is 55.8 Å². The minimum Gasteiger partial charge on any atom is -0.482 e. The highest BCUT2D eigenvalue weighted by atomic mass is 16.6. The van der Waals surface area contributed by atoms with Gasteiger partial charge in [-0.15, -0.1) is 0 Å². The van der Waals surface area contributed by atoms with E-state index in [1.165, 1.54) is 0 Å². The van der Waals surface area contributed by atoms with E-state index in [0.29, 0.717) is 18.8 Å². The number of hydrogen-bond donors (Lipinski definition) is 1. The van der Waals surface area contributed by atoms with Crippen molar-refractivity contribution in [1.29, 1.82) is 0 Å². The molecule has 0 aliphatic heterocycles. The van der Waals surface area contributed by atoms with Crippen LogP contribution in [0.4, 0.5) is 0 Å². The molecule has 1 aromatic carbocycles. The minimum atomic E-state index is -0.450. The van der Waals surface area contributed by atoms with Gasteiger partial charge in [-0.2, -0.15) is 0 Å². The summed E-state index contributed by atoms with van der Waals surface area (Å²) in [5.74, 6) is 0.204. The van der Waals surface area contributed by atoms with Crippen LogP contribution in [0.3, 0.4) is 0 Å². The highest BCUT2D eigenvalue weighted by Gasteiger charge is 2.06. The van der Waals surface area contributed by atoms with Gasteiger partial charge in [0.1, 0.15) is 5.75 Å². The van der Waals surface area contributed by atoms with E-state index in [1.54, 1.807) is 31.2 Å². The predicted molar refractivity (Wildman–Crippen MR) is 63.8 cm³/mol. The molecule has 0 fully saturated rings. The van der Waals surface area contributed by atoms with Crippen LogP contribution in [0.25, 0.3) is 0 Å². The molecule has 0 aromatic heterocycles. The van der Waals surface area contributed by atoms with Crippen molar-refractivity contribution in [2.75, 3.05) is 13.2 Å². The quantitative estimate of drug-likeness (QED) is 0.771. The van der Waals surface area contributed by atoms with Crippen LogP contribution in [0, 0.1) is 0 Å². The molecule has 1 rings (SSSR count). The average Bonchev–Trinajstić information content (AvgIpc) is 2.36. The van der Waals surface area contributed by atoms with Gasteiger partial charge in [0.2, 0.25) is 0 Å². The fraction of sp³-hybridized carbons (Fsp3) is 0.462. The summed E-state index contributed by atoms with van der Waals surface area (Å²) in [6.45, 7) is 3.92. The molecule has 17 heavy (non-hydrogen) atoms. The van der Waals surface area contributed by atoms with Crippen molar-refractivity contribution >= 4 is 5.97 Å². The molecule has 94 valence electrons. The Kier molecular flexibility index (Phi) is 5.49.